The molecule has 5 nitrogen and oxygen atoms in total. The summed E-state index contributed by atoms with van der Waals surface area (Å²) in [5, 5.41) is 10.3. The summed E-state index contributed by atoms with van der Waals surface area (Å²) < 4.78 is 0. The fourth-order valence-electron chi connectivity index (χ4n) is 3.20. The SMILES string of the molecule is Cc1ccccc1C(C)(C)C(=O)N1CCC[C@@](O)(C(N)=O)C1. The molecule has 2 rings (SSSR count). The van der Waals surface area contributed by atoms with E-state index in [0.717, 1.165) is 11.1 Å². The first kappa shape index (κ1) is 16.5. The number of amides is 2. The van der Waals surface area contributed by atoms with E-state index in [1.165, 1.54) is 0 Å². The molecule has 1 aliphatic rings. The lowest BCUT2D eigenvalue weighted by atomic mass is 9.79. The van der Waals surface area contributed by atoms with Crippen molar-refractivity contribution in [2.75, 3.05) is 13.1 Å². The quantitative estimate of drug-likeness (QED) is 0.877. The van der Waals surface area contributed by atoms with Crippen LogP contribution in [0.2, 0.25) is 0 Å². The van der Waals surface area contributed by atoms with Gasteiger partial charge in [0.25, 0.3) is 5.91 Å². The zero-order chi connectivity index (χ0) is 16.5. The van der Waals surface area contributed by atoms with Gasteiger partial charge in [0.05, 0.1) is 12.0 Å². The minimum absolute atomic E-state index is 0.0313. The van der Waals surface area contributed by atoms with E-state index >= 15 is 0 Å². The first-order valence-corrected chi connectivity index (χ1v) is 7.56. The molecule has 1 fully saturated rings. The normalized spacial score (nSPS) is 22.5. The molecule has 120 valence electrons. The highest BCUT2D eigenvalue weighted by Gasteiger charge is 2.43. The van der Waals surface area contributed by atoms with Crippen LogP contribution < -0.4 is 5.73 Å². The number of carbonyl (C=O) groups excluding carboxylic acids is 2. The van der Waals surface area contributed by atoms with E-state index < -0.39 is 16.9 Å². The standard InChI is InChI=1S/C17H24N2O3/c1-12-7-4-5-8-13(12)16(2,3)15(21)19-10-6-9-17(22,11-19)14(18)20/h4-5,7-8,22H,6,9-11H2,1-3H3,(H2,18,20)/t17-/m0/s1. The number of nitrogens with two attached hydrogens (primary N) is 1. The Bertz CT molecular complexity index is 597. The summed E-state index contributed by atoms with van der Waals surface area (Å²) in [6.45, 7) is 6.21. The van der Waals surface area contributed by atoms with Crippen molar-refractivity contribution in [3.8, 4) is 0 Å². The summed E-state index contributed by atoms with van der Waals surface area (Å²) in [7, 11) is 0. The number of carbonyl (C=O) groups is 2. The molecule has 22 heavy (non-hydrogen) atoms. The molecular formula is C17H24N2O3. The van der Waals surface area contributed by atoms with Crippen LogP contribution in [0.3, 0.4) is 0 Å². The molecule has 1 heterocycles. The lowest BCUT2D eigenvalue weighted by Crippen LogP contribution is -2.59. The molecule has 0 radical (unpaired) electrons. The summed E-state index contributed by atoms with van der Waals surface area (Å²) in [5.41, 5.74) is 4.94. The fourth-order valence-corrected chi connectivity index (χ4v) is 3.20. The molecule has 1 atom stereocenters. The van der Waals surface area contributed by atoms with Gasteiger partial charge in [0.1, 0.15) is 0 Å². The maximum Gasteiger partial charge on any atom is 0.251 e. The van der Waals surface area contributed by atoms with Crippen molar-refractivity contribution in [2.45, 2.75) is 44.6 Å². The van der Waals surface area contributed by atoms with Crippen molar-refractivity contribution in [1.82, 2.24) is 4.90 Å². The molecule has 1 aromatic rings. The van der Waals surface area contributed by atoms with E-state index in [0.29, 0.717) is 19.4 Å². The van der Waals surface area contributed by atoms with E-state index in [-0.39, 0.29) is 12.5 Å². The maximum absolute atomic E-state index is 12.9. The number of β-amino-alcohol motifs (C(OH)–C–C–N with tert-alkyl or cyclic N) is 1. The molecule has 1 aliphatic heterocycles. The van der Waals surface area contributed by atoms with Crippen LogP contribution in [-0.4, -0.2) is 40.5 Å². The van der Waals surface area contributed by atoms with Gasteiger partial charge in [0.15, 0.2) is 5.60 Å². The minimum Gasteiger partial charge on any atom is -0.378 e. The number of primary amides is 1. The van der Waals surface area contributed by atoms with E-state index in [1.54, 1.807) is 4.90 Å². The lowest BCUT2D eigenvalue weighted by molar-refractivity contribution is -0.151. The Labute approximate surface area is 131 Å². The second-order valence-electron chi connectivity index (χ2n) is 6.67. The number of piperidine rings is 1. The van der Waals surface area contributed by atoms with Crippen LogP contribution in [0.5, 0.6) is 0 Å². The number of benzene rings is 1. The van der Waals surface area contributed by atoms with Crippen LogP contribution in [0.1, 0.15) is 37.8 Å². The average molecular weight is 304 g/mol. The van der Waals surface area contributed by atoms with Gasteiger partial charge in [0, 0.05) is 6.54 Å². The van der Waals surface area contributed by atoms with Crippen LogP contribution >= 0.6 is 0 Å². The van der Waals surface area contributed by atoms with Gasteiger partial charge < -0.3 is 15.7 Å². The summed E-state index contributed by atoms with van der Waals surface area (Å²) in [4.78, 5) is 26.0. The molecule has 0 aromatic heterocycles. The molecule has 0 unspecified atom stereocenters. The van der Waals surface area contributed by atoms with Crippen molar-refractivity contribution < 1.29 is 14.7 Å². The molecule has 0 spiro atoms. The third-order valence-electron chi connectivity index (χ3n) is 4.57. The van der Waals surface area contributed by atoms with Crippen molar-refractivity contribution in [2.24, 2.45) is 5.73 Å². The predicted molar refractivity (Wildman–Crippen MR) is 84.2 cm³/mol. The zero-order valence-electron chi connectivity index (χ0n) is 13.4. The highest BCUT2D eigenvalue weighted by atomic mass is 16.3. The Morgan fingerprint density at radius 1 is 1.32 bits per heavy atom. The smallest absolute Gasteiger partial charge is 0.251 e. The van der Waals surface area contributed by atoms with Crippen molar-refractivity contribution in [1.29, 1.82) is 0 Å². The van der Waals surface area contributed by atoms with Gasteiger partial charge in [-0.05, 0) is 44.7 Å². The third-order valence-corrected chi connectivity index (χ3v) is 4.57. The van der Waals surface area contributed by atoms with Gasteiger partial charge in [-0.1, -0.05) is 24.3 Å². The first-order chi connectivity index (χ1) is 10.2. The van der Waals surface area contributed by atoms with Gasteiger partial charge in [-0.25, -0.2) is 0 Å². The molecule has 1 saturated heterocycles. The molecule has 0 bridgehead atoms. The fraction of sp³-hybridized carbons (Fsp3) is 0.529. The topological polar surface area (TPSA) is 83.6 Å². The molecule has 0 aliphatic carbocycles. The highest BCUT2D eigenvalue weighted by molar-refractivity contribution is 5.90. The van der Waals surface area contributed by atoms with Gasteiger partial charge in [-0.3, -0.25) is 9.59 Å². The van der Waals surface area contributed by atoms with E-state index in [4.69, 9.17) is 5.73 Å². The average Bonchev–Trinajstić information content (AvgIpc) is 2.46. The second-order valence-corrected chi connectivity index (χ2v) is 6.67. The third kappa shape index (κ3) is 2.86. The van der Waals surface area contributed by atoms with E-state index in [1.807, 2.05) is 45.0 Å². The number of nitrogens with zero attached hydrogens (tertiary/aromatic N) is 1. The van der Waals surface area contributed by atoms with Crippen LogP contribution in [-0.2, 0) is 15.0 Å². The minimum atomic E-state index is -1.62. The van der Waals surface area contributed by atoms with Crippen LogP contribution in [0.4, 0.5) is 0 Å². The summed E-state index contributed by atoms with van der Waals surface area (Å²) in [6, 6.07) is 7.76. The lowest BCUT2D eigenvalue weighted by Gasteiger charge is -2.40. The largest absolute Gasteiger partial charge is 0.378 e. The molecular weight excluding hydrogens is 280 g/mol. The number of hydrogen-bond acceptors (Lipinski definition) is 3. The Morgan fingerprint density at radius 2 is 1.95 bits per heavy atom. The first-order valence-electron chi connectivity index (χ1n) is 7.56. The number of hydrogen-bond donors (Lipinski definition) is 2. The molecule has 0 saturated carbocycles. The van der Waals surface area contributed by atoms with E-state index in [2.05, 4.69) is 0 Å². The monoisotopic (exact) mass is 304 g/mol. The van der Waals surface area contributed by atoms with Gasteiger partial charge in [0.2, 0.25) is 5.91 Å². The Morgan fingerprint density at radius 3 is 2.55 bits per heavy atom. The molecule has 2 amide bonds. The van der Waals surface area contributed by atoms with Crippen LogP contribution in [0, 0.1) is 6.92 Å². The van der Waals surface area contributed by atoms with Crippen LogP contribution in [0.25, 0.3) is 0 Å². The predicted octanol–water partition coefficient (Wildman–Crippen LogP) is 1.11. The van der Waals surface area contributed by atoms with Crippen LogP contribution in [0.15, 0.2) is 24.3 Å². The maximum atomic E-state index is 12.9. The number of aryl methyl sites for hydroxylation is 1. The van der Waals surface area contributed by atoms with Crippen molar-refractivity contribution in [3.63, 3.8) is 0 Å². The Kier molecular flexibility index (Phi) is 4.29. The van der Waals surface area contributed by atoms with Gasteiger partial charge >= 0.3 is 0 Å². The Hall–Kier alpha value is -1.88. The number of likely N-dealkylation sites (tertiary alicyclic amines) is 1. The summed E-state index contributed by atoms with van der Waals surface area (Å²) in [5.74, 6) is -0.861. The Balaban J connectivity index is 2.27. The summed E-state index contributed by atoms with van der Waals surface area (Å²) in [6.07, 6.45) is 0.867. The molecule has 1 aromatic carbocycles. The van der Waals surface area contributed by atoms with Gasteiger partial charge in [-0.15, -0.1) is 0 Å². The second kappa shape index (κ2) is 5.72. The number of rotatable bonds is 3. The van der Waals surface area contributed by atoms with Crippen molar-refractivity contribution >= 4 is 11.8 Å². The molecule has 5 heteroatoms. The van der Waals surface area contributed by atoms with E-state index in [9.17, 15) is 14.7 Å². The molecule has 3 N–H and O–H groups in total. The highest BCUT2D eigenvalue weighted by Crippen LogP contribution is 2.31. The number of aliphatic hydroxyl groups is 1. The zero-order valence-corrected chi connectivity index (χ0v) is 13.4. The summed E-state index contributed by atoms with van der Waals surface area (Å²) >= 11 is 0. The van der Waals surface area contributed by atoms with Crippen molar-refractivity contribution in [3.05, 3.63) is 35.4 Å². The van der Waals surface area contributed by atoms with Gasteiger partial charge in [-0.2, -0.15) is 0 Å².